The third-order valence-electron chi connectivity index (χ3n) is 7.60. The fourth-order valence-electron chi connectivity index (χ4n) is 5.67. The third kappa shape index (κ3) is 7.08. The topological polar surface area (TPSA) is 43.8 Å². The van der Waals surface area contributed by atoms with E-state index in [-0.39, 0.29) is 36.0 Å². The van der Waals surface area contributed by atoms with Gasteiger partial charge in [0.05, 0.1) is 17.2 Å². The summed E-state index contributed by atoms with van der Waals surface area (Å²) in [5.74, 6) is -0.332. The molecule has 4 rings (SSSR count). The van der Waals surface area contributed by atoms with Gasteiger partial charge in [0, 0.05) is 38.6 Å². The number of benzene rings is 2. The molecule has 2 aromatic carbocycles. The summed E-state index contributed by atoms with van der Waals surface area (Å²) < 4.78 is 79.6. The highest BCUT2D eigenvalue weighted by atomic mass is 19.4. The Morgan fingerprint density at radius 2 is 1.47 bits per heavy atom. The standard InChI is InChI=1S/C28H32F6N2O2/c29-27(30,31)21-15-19(16-22(18-21)28(32,33)34)9-10-25(38)26(20-5-4-8-24(37)17-20)36-13-11-35(12-14-36)23-6-2-1-3-7-23/h4-5,8,15-18,23,26,37H,1-3,6-7,9-14H2. The van der Waals surface area contributed by atoms with Gasteiger partial charge in [-0.2, -0.15) is 26.3 Å². The summed E-state index contributed by atoms with van der Waals surface area (Å²) in [6.07, 6.45) is -4.39. The lowest BCUT2D eigenvalue weighted by atomic mass is 9.92. The van der Waals surface area contributed by atoms with E-state index in [4.69, 9.17) is 0 Å². The van der Waals surface area contributed by atoms with E-state index in [1.807, 2.05) is 4.90 Å². The summed E-state index contributed by atoms with van der Waals surface area (Å²) in [7, 11) is 0. The van der Waals surface area contributed by atoms with Crippen LogP contribution in [0, 0.1) is 0 Å². The van der Waals surface area contributed by atoms with Gasteiger partial charge in [0.15, 0.2) is 5.78 Å². The van der Waals surface area contributed by atoms with Crippen LogP contribution in [0.25, 0.3) is 0 Å². The summed E-state index contributed by atoms with van der Waals surface area (Å²) in [6.45, 7) is 2.75. The Balaban J connectivity index is 1.52. The summed E-state index contributed by atoms with van der Waals surface area (Å²) in [5.41, 5.74) is -2.42. The van der Waals surface area contributed by atoms with Crippen molar-refractivity contribution in [2.45, 2.75) is 69.4 Å². The van der Waals surface area contributed by atoms with E-state index in [1.54, 1.807) is 12.1 Å². The fourth-order valence-corrected chi connectivity index (χ4v) is 5.67. The molecule has 0 radical (unpaired) electrons. The predicted molar refractivity (Wildman–Crippen MR) is 131 cm³/mol. The number of halogens is 6. The normalized spacial score (nSPS) is 19.4. The molecule has 2 aliphatic rings. The van der Waals surface area contributed by atoms with E-state index in [2.05, 4.69) is 4.90 Å². The minimum atomic E-state index is -4.94. The molecule has 1 saturated carbocycles. The Bertz CT molecular complexity index is 1070. The lowest BCUT2D eigenvalue weighted by molar-refractivity contribution is -0.143. The van der Waals surface area contributed by atoms with Crippen LogP contribution >= 0.6 is 0 Å². The van der Waals surface area contributed by atoms with Crippen LogP contribution < -0.4 is 0 Å². The van der Waals surface area contributed by atoms with Crippen molar-refractivity contribution >= 4 is 5.78 Å². The molecule has 1 heterocycles. The molecular weight excluding hydrogens is 510 g/mol. The highest BCUT2D eigenvalue weighted by Gasteiger charge is 2.37. The number of alkyl halides is 6. The minimum absolute atomic E-state index is 0.0196. The Morgan fingerprint density at radius 3 is 2.03 bits per heavy atom. The number of piperazine rings is 1. The van der Waals surface area contributed by atoms with Crippen LogP contribution in [0.5, 0.6) is 5.75 Å². The molecule has 1 aliphatic heterocycles. The van der Waals surface area contributed by atoms with Crippen molar-refractivity contribution in [2.75, 3.05) is 26.2 Å². The lowest BCUT2D eigenvalue weighted by Gasteiger charge is -2.43. The molecule has 2 fully saturated rings. The first-order valence-electron chi connectivity index (χ1n) is 13.0. The number of Topliss-reactive ketones (excluding diaryl/α,β-unsaturated/α-hetero) is 1. The van der Waals surface area contributed by atoms with Crippen LogP contribution in [-0.4, -0.2) is 52.9 Å². The van der Waals surface area contributed by atoms with E-state index >= 15 is 0 Å². The molecule has 0 amide bonds. The quantitative estimate of drug-likeness (QED) is 0.400. The molecule has 2 aromatic rings. The third-order valence-corrected chi connectivity index (χ3v) is 7.60. The molecule has 208 valence electrons. The predicted octanol–water partition coefficient (Wildman–Crippen LogP) is 6.62. The molecule has 0 aromatic heterocycles. The molecule has 1 atom stereocenters. The van der Waals surface area contributed by atoms with Crippen LogP contribution in [0.3, 0.4) is 0 Å². The van der Waals surface area contributed by atoms with Gasteiger partial charge < -0.3 is 5.11 Å². The minimum Gasteiger partial charge on any atom is -0.508 e. The van der Waals surface area contributed by atoms with Crippen molar-refractivity contribution in [3.05, 3.63) is 64.7 Å². The Hall–Kier alpha value is -2.59. The highest BCUT2D eigenvalue weighted by molar-refractivity contribution is 5.85. The second-order valence-corrected chi connectivity index (χ2v) is 10.2. The highest BCUT2D eigenvalue weighted by Crippen LogP contribution is 2.37. The van der Waals surface area contributed by atoms with Gasteiger partial charge in [-0.3, -0.25) is 14.6 Å². The van der Waals surface area contributed by atoms with Crippen LogP contribution in [0.1, 0.15) is 66.8 Å². The molecule has 1 saturated heterocycles. The van der Waals surface area contributed by atoms with Crippen molar-refractivity contribution in [2.24, 2.45) is 0 Å². The van der Waals surface area contributed by atoms with Crippen LogP contribution in [0.2, 0.25) is 0 Å². The maximum absolute atomic E-state index is 13.5. The second-order valence-electron chi connectivity index (χ2n) is 10.2. The number of nitrogens with zero attached hydrogens (tertiary/aromatic N) is 2. The van der Waals surface area contributed by atoms with Crippen molar-refractivity contribution in [1.82, 2.24) is 9.80 Å². The van der Waals surface area contributed by atoms with E-state index in [0.29, 0.717) is 36.8 Å². The average Bonchev–Trinajstić information content (AvgIpc) is 2.87. The Labute approximate surface area is 218 Å². The molecule has 1 aliphatic carbocycles. The number of aromatic hydroxyl groups is 1. The molecule has 1 N–H and O–H groups in total. The molecule has 0 spiro atoms. The van der Waals surface area contributed by atoms with Gasteiger partial charge >= 0.3 is 12.4 Å². The van der Waals surface area contributed by atoms with Gasteiger partial charge in [0.2, 0.25) is 0 Å². The largest absolute Gasteiger partial charge is 0.508 e. The van der Waals surface area contributed by atoms with Gasteiger partial charge in [-0.05, 0) is 60.7 Å². The zero-order valence-electron chi connectivity index (χ0n) is 21.0. The summed E-state index contributed by atoms with van der Waals surface area (Å²) in [4.78, 5) is 17.9. The van der Waals surface area contributed by atoms with Crippen molar-refractivity contribution < 1.29 is 36.2 Å². The van der Waals surface area contributed by atoms with Crippen molar-refractivity contribution in [3.63, 3.8) is 0 Å². The average molecular weight is 543 g/mol. The van der Waals surface area contributed by atoms with Crippen molar-refractivity contribution in [3.8, 4) is 5.75 Å². The van der Waals surface area contributed by atoms with Gasteiger partial charge in [-0.25, -0.2) is 0 Å². The number of rotatable bonds is 7. The maximum atomic E-state index is 13.5. The first-order chi connectivity index (χ1) is 17.9. The smallest absolute Gasteiger partial charge is 0.416 e. The molecule has 4 nitrogen and oxygen atoms in total. The number of phenolic OH excluding ortho intramolecular Hbond substituents is 1. The summed E-state index contributed by atoms with van der Waals surface area (Å²) in [6, 6.07) is 7.52. The Kier molecular flexibility index (Phi) is 8.72. The number of aryl methyl sites for hydroxylation is 1. The van der Waals surface area contributed by atoms with Crippen LogP contribution in [0.4, 0.5) is 26.3 Å². The number of hydrogen-bond acceptors (Lipinski definition) is 4. The molecule has 1 unspecified atom stereocenters. The first kappa shape index (κ1) is 28.4. The SMILES string of the molecule is O=C(CCc1cc(C(F)(F)F)cc(C(F)(F)F)c1)C(c1cccc(O)c1)N1CCN(C2CCCCC2)CC1. The van der Waals surface area contributed by atoms with Crippen LogP contribution in [-0.2, 0) is 23.6 Å². The number of hydrogen-bond donors (Lipinski definition) is 1. The second kappa shape index (κ2) is 11.7. The van der Waals surface area contributed by atoms with E-state index in [1.165, 1.54) is 31.4 Å². The maximum Gasteiger partial charge on any atom is 0.416 e. The van der Waals surface area contributed by atoms with E-state index in [0.717, 1.165) is 25.9 Å². The van der Waals surface area contributed by atoms with Crippen LogP contribution in [0.15, 0.2) is 42.5 Å². The van der Waals surface area contributed by atoms with Gasteiger partial charge in [-0.1, -0.05) is 31.4 Å². The number of phenols is 1. The monoisotopic (exact) mass is 542 g/mol. The zero-order valence-corrected chi connectivity index (χ0v) is 21.0. The lowest BCUT2D eigenvalue weighted by Crippen LogP contribution is -2.52. The van der Waals surface area contributed by atoms with Gasteiger partial charge in [0.1, 0.15) is 5.75 Å². The van der Waals surface area contributed by atoms with E-state index in [9.17, 15) is 36.2 Å². The Morgan fingerprint density at radius 1 is 0.868 bits per heavy atom. The number of carbonyl (C=O) groups excluding carboxylic acids is 1. The van der Waals surface area contributed by atoms with Gasteiger partial charge in [-0.15, -0.1) is 0 Å². The molecule has 10 heteroatoms. The molecular formula is C28H32F6N2O2. The number of ketones is 1. The number of carbonyl (C=O) groups is 1. The fraction of sp³-hybridized carbons (Fsp3) is 0.536. The van der Waals surface area contributed by atoms with E-state index < -0.39 is 29.5 Å². The molecule has 0 bridgehead atoms. The molecule has 38 heavy (non-hydrogen) atoms. The van der Waals surface area contributed by atoms with Gasteiger partial charge in [0.25, 0.3) is 0 Å². The zero-order chi connectivity index (χ0) is 27.5. The summed E-state index contributed by atoms with van der Waals surface area (Å²) in [5, 5.41) is 10.0. The van der Waals surface area contributed by atoms with Crippen molar-refractivity contribution in [1.29, 1.82) is 0 Å². The summed E-state index contributed by atoms with van der Waals surface area (Å²) >= 11 is 0. The first-order valence-corrected chi connectivity index (χ1v) is 13.0.